The van der Waals surface area contributed by atoms with Gasteiger partial charge in [-0.1, -0.05) is 6.07 Å². The average Bonchev–Trinajstić information content (AvgIpc) is 2.74. The molecule has 2 aliphatic rings. The predicted octanol–water partition coefficient (Wildman–Crippen LogP) is 3.45. The van der Waals surface area contributed by atoms with Gasteiger partial charge in [0.25, 0.3) is 0 Å². The molecule has 3 N–H and O–H groups in total. The summed E-state index contributed by atoms with van der Waals surface area (Å²) in [5, 5.41) is 17.2. The Labute approximate surface area is 174 Å². The van der Waals surface area contributed by atoms with Gasteiger partial charge in [-0.05, 0) is 82.4 Å². The minimum absolute atomic E-state index is 0.0281. The van der Waals surface area contributed by atoms with Gasteiger partial charge in [-0.15, -0.1) is 0 Å². The highest BCUT2D eigenvalue weighted by Gasteiger charge is 2.27. The van der Waals surface area contributed by atoms with Crippen LogP contribution in [-0.2, 0) is 28.9 Å². The highest BCUT2D eigenvalue weighted by Crippen LogP contribution is 2.31. The number of phenolic OH excluding ortho intramolecular Hbond substituents is 1. The molecular weight excluding hydrogens is 366 g/mol. The van der Waals surface area contributed by atoms with E-state index in [0.717, 1.165) is 56.6 Å². The monoisotopic (exact) mass is 401 g/mol. The van der Waals surface area contributed by atoms with Crippen molar-refractivity contribution in [1.29, 1.82) is 0 Å². The molecule has 0 saturated heterocycles. The number of hydrogen-bond donors (Lipinski definition) is 3. The second kappa shape index (κ2) is 10.5. The van der Waals surface area contributed by atoms with Gasteiger partial charge in [0.2, 0.25) is 0 Å². The van der Waals surface area contributed by atoms with Crippen molar-refractivity contribution in [3.05, 3.63) is 28.8 Å². The van der Waals surface area contributed by atoms with Crippen LogP contribution < -0.4 is 10.6 Å². The summed E-state index contributed by atoms with van der Waals surface area (Å²) in [5.74, 6) is 1.09. The van der Waals surface area contributed by atoms with E-state index in [4.69, 9.17) is 9.73 Å². The minimum atomic E-state index is -0.0594. The van der Waals surface area contributed by atoms with Gasteiger partial charge in [0.05, 0.1) is 19.1 Å². The van der Waals surface area contributed by atoms with Gasteiger partial charge in [0.1, 0.15) is 5.75 Å². The summed E-state index contributed by atoms with van der Waals surface area (Å²) in [5.41, 5.74) is 3.60. The Morgan fingerprint density at radius 3 is 2.66 bits per heavy atom. The first-order chi connectivity index (χ1) is 14.1. The normalized spacial score (nSPS) is 21.9. The maximum absolute atomic E-state index is 11.9. The SMILES string of the molecule is CCNC(=NCc1c(O)ccc2c1CCCC2)NC1CCC(C(=O)OCC)CC1. The highest BCUT2D eigenvalue weighted by atomic mass is 16.5. The lowest BCUT2D eigenvalue weighted by Gasteiger charge is -2.29. The Morgan fingerprint density at radius 2 is 1.93 bits per heavy atom. The third-order valence-corrected chi connectivity index (χ3v) is 6.05. The molecule has 160 valence electrons. The first-order valence-corrected chi connectivity index (χ1v) is 11.2. The number of ether oxygens (including phenoxy) is 1. The molecule has 0 aliphatic heterocycles. The third-order valence-electron chi connectivity index (χ3n) is 6.05. The smallest absolute Gasteiger partial charge is 0.308 e. The number of rotatable bonds is 6. The van der Waals surface area contributed by atoms with Crippen LogP contribution in [0.4, 0.5) is 0 Å². The molecule has 0 aromatic heterocycles. The molecule has 1 aromatic rings. The Bertz CT molecular complexity index is 724. The molecule has 0 amide bonds. The number of esters is 1. The maximum Gasteiger partial charge on any atom is 0.308 e. The largest absolute Gasteiger partial charge is 0.508 e. The van der Waals surface area contributed by atoms with E-state index in [1.54, 1.807) is 0 Å². The van der Waals surface area contributed by atoms with Crippen molar-refractivity contribution in [2.45, 2.75) is 77.8 Å². The van der Waals surface area contributed by atoms with Gasteiger partial charge in [0.15, 0.2) is 5.96 Å². The average molecular weight is 402 g/mol. The fraction of sp³-hybridized carbons (Fsp3) is 0.652. The number of phenols is 1. The molecular formula is C23H35N3O3. The van der Waals surface area contributed by atoms with E-state index >= 15 is 0 Å². The lowest BCUT2D eigenvalue weighted by Crippen LogP contribution is -2.45. The van der Waals surface area contributed by atoms with Crippen LogP contribution in [0.2, 0.25) is 0 Å². The van der Waals surface area contributed by atoms with Crippen LogP contribution in [0.5, 0.6) is 5.75 Å². The van der Waals surface area contributed by atoms with Gasteiger partial charge < -0.3 is 20.5 Å². The highest BCUT2D eigenvalue weighted by molar-refractivity contribution is 5.80. The fourth-order valence-corrected chi connectivity index (χ4v) is 4.47. The molecule has 0 spiro atoms. The molecule has 6 heteroatoms. The van der Waals surface area contributed by atoms with Crippen LogP contribution >= 0.6 is 0 Å². The van der Waals surface area contributed by atoms with E-state index in [1.165, 1.54) is 24.0 Å². The summed E-state index contributed by atoms with van der Waals surface area (Å²) in [4.78, 5) is 16.7. The van der Waals surface area contributed by atoms with Gasteiger partial charge >= 0.3 is 5.97 Å². The van der Waals surface area contributed by atoms with Crippen molar-refractivity contribution in [2.75, 3.05) is 13.2 Å². The lowest BCUT2D eigenvalue weighted by molar-refractivity contribution is -0.149. The van der Waals surface area contributed by atoms with Gasteiger partial charge in [-0.25, -0.2) is 4.99 Å². The van der Waals surface area contributed by atoms with Crippen LogP contribution in [0.1, 0.15) is 69.1 Å². The summed E-state index contributed by atoms with van der Waals surface area (Å²) in [6, 6.07) is 4.17. The molecule has 3 rings (SSSR count). The van der Waals surface area contributed by atoms with Crippen molar-refractivity contribution in [2.24, 2.45) is 10.9 Å². The van der Waals surface area contributed by atoms with E-state index in [9.17, 15) is 9.90 Å². The number of nitrogens with zero attached hydrogens (tertiary/aromatic N) is 1. The molecule has 0 atom stereocenters. The van der Waals surface area contributed by atoms with Crippen molar-refractivity contribution in [1.82, 2.24) is 10.6 Å². The molecule has 0 unspecified atom stereocenters. The summed E-state index contributed by atoms with van der Waals surface area (Å²) < 4.78 is 5.16. The van der Waals surface area contributed by atoms with E-state index in [-0.39, 0.29) is 11.9 Å². The van der Waals surface area contributed by atoms with Gasteiger partial charge in [0, 0.05) is 18.2 Å². The first kappa shape index (κ1) is 21.5. The molecule has 1 fully saturated rings. The third kappa shape index (κ3) is 5.64. The fourth-order valence-electron chi connectivity index (χ4n) is 4.47. The number of carbonyl (C=O) groups is 1. The van der Waals surface area contributed by atoms with Crippen LogP contribution in [0, 0.1) is 5.92 Å². The Kier molecular flexibility index (Phi) is 7.78. The maximum atomic E-state index is 11.9. The number of aryl methyl sites for hydroxylation is 1. The van der Waals surface area contributed by atoms with E-state index in [2.05, 4.69) is 23.6 Å². The van der Waals surface area contributed by atoms with Crippen molar-refractivity contribution in [3.8, 4) is 5.75 Å². The molecule has 1 aromatic carbocycles. The number of aromatic hydroxyl groups is 1. The number of nitrogens with one attached hydrogen (secondary N) is 2. The summed E-state index contributed by atoms with van der Waals surface area (Å²) in [7, 11) is 0. The molecule has 6 nitrogen and oxygen atoms in total. The Hall–Kier alpha value is -2.24. The molecule has 29 heavy (non-hydrogen) atoms. The number of benzene rings is 1. The van der Waals surface area contributed by atoms with Crippen LogP contribution in [0.25, 0.3) is 0 Å². The number of aliphatic imine (C=N–C) groups is 1. The second-order valence-corrected chi connectivity index (χ2v) is 8.05. The molecule has 0 bridgehead atoms. The molecule has 0 heterocycles. The number of guanidine groups is 1. The van der Waals surface area contributed by atoms with Crippen LogP contribution in [0.15, 0.2) is 17.1 Å². The number of hydrogen-bond acceptors (Lipinski definition) is 4. The van der Waals surface area contributed by atoms with Crippen molar-refractivity contribution in [3.63, 3.8) is 0 Å². The Balaban J connectivity index is 1.62. The zero-order valence-corrected chi connectivity index (χ0v) is 17.8. The number of fused-ring (bicyclic) bond motifs is 1. The molecule has 0 radical (unpaired) electrons. The van der Waals surface area contributed by atoms with Gasteiger partial charge in [-0.3, -0.25) is 4.79 Å². The summed E-state index contributed by atoms with van der Waals surface area (Å²) >= 11 is 0. The Morgan fingerprint density at radius 1 is 1.17 bits per heavy atom. The lowest BCUT2D eigenvalue weighted by atomic mass is 9.86. The molecule has 2 aliphatic carbocycles. The number of carbonyl (C=O) groups excluding carboxylic acids is 1. The second-order valence-electron chi connectivity index (χ2n) is 8.05. The zero-order valence-electron chi connectivity index (χ0n) is 17.8. The summed E-state index contributed by atoms with van der Waals surface area (Å²) in [6.45, 7) is 5.61. The van der Waals surface area contributed by atoms with E-state index in [1.807, 2.05) is 13.0 Å². The zero-order chi connectivity index (χ0) is 20.6. The van der Waals surface area contributed by atoms with Crippen molar-refractivity contribution >= 4 is 11.9 Å². The van der Waals surface area contributed by atoms with Crippen LogP contribution in [0.3, 0.4) is 0 Å². The quantitative estimate of drug-likeness (QED) is 0.386. The standard InChI is InChI=1S/C23H35N3O3/c1-3-24-23(26-18-12-9-17(10-13-18)22(28)29-4-2)25-15-20-19-8-6-5-7-16(19)11-14-21(20)27/h11,14,17-18,27H,3-10,12-13,15H2,1-2H3,(H2,24,25,26). The molecule has 1 saturated carbocycles. The first-order valence-electron chi connectivity index (χ1n) is 11.2. The van der Waals surface area contributed by atoms with Gasteiger partial charge in [-0.2, -0.15) is 0 Å². The van der Waals surface area contributed by atoms with E-state index < -0.39 is 0 Å². The van der Waals surface area contributed by atoms with Crippen LogP contribution in [-0.4, -0.2) is 36.2 Å². The summed E-state index contributed by atoms with van der Waals surface area (Å²) in [6.07, 6.45) is 8.07. The topological polar surface area (TPSA) is 83.0 Å². The van der Waals surface area contributed by atoms with Crippen molar-refractivity contribution < 1.29 is 14.6 Å². The minimum Gasteiger partial charge on any atom is -0.508 e. The predicted molar refractivity (Wildman–Crippen MR) is 115 cm³/mol. The van der Waals surface area contributed by atoms with E-state index in [0.29, 0.717) is 24.9 Å².